The van der Waals surface area contributed by atoms with Crippen molar-refractivity contribution in [3.8, 4) is 0 Å². The minimum absolute atomic E-state index is 0.0827. The van der Waals surface area contributed by atoms with Crippen LogP contribution in [-0.4, -0.2) is 81.2 Å². The number of thiocarbonyl (C=S) groups is 1. The summed E-state index contributed by atoms with van der Waals surface area (Å²) in [4.78, 5) is 66.7. The molecule has 3 heterocycles. The number of ether oxygens (including phenoxy) is 5. The Morgan fingerprint density at radius 3 is 2.03 bits per heavy atom. The van der Waals surface area contributed by atoms with Crippen LogP contribution in [-0.2, 0) is 47.7 Å². The normalized spacial score (nSPS) is 26.4. The number of hydrogen-bond acceptors (Lipinski definition) is 13. The third kappa shape index (κ3) is 6.74. The van der Waals surface area contributed by atoms with Gasteiger partial charge in [0.1, 0.15) is 12.7 Å². The molecule has 204 valence electrons. The lowest BCUT2D eigenvalue weighted by atomic mass is 9.96. The van der Waals surface area contributed by atoms with E-state index in [2.05, 4.69) is 4.98 Å². The van der Waals surface area contributed by atoms with Crippen LogP contribution in [0, 0.1) is 0 Å². The van der Waals surface area contributed by atoms with Gasteiger partial charge in [0.2, 0.25) is 0 Å². The molecule has 0 radical (unpaired) electrons. The lowest BCUT2D eigenvalue weighted by Gasteiger charge is -2.46. The van der Waals surface area contributed by atoms with Crippen molar-refractivity contribution in [3.05, 3.63) is 35.0 Å². The minimum atomic E-state index is -1.45. The van der Waals surface area contributed by atoms with E-state index in [1.165, 1.54) is 6.92 Å². The number of aromatic nitrogens is 1. The van der Waals surface area contributed by atoms with E-state index >= 15 is 0 Å². The number of carbonyl (C=O) groups is 5. The number of hydrogen-bond donors (Lipinski definition) is 0. The molecule has 2 aliphatic heterocycles. The molecule has 0 bridgehead atoms. The highest BCUT2D eigenvalue weighted by Crippen LogP contribution is 2.41. The summed E-state index contributed by atoms with van der Waals surface area (Å²) in [6.45, 7) is 5.84. The average molecular weight is 567 g/mol. The molecule has 1 aromatic heterocycles. The molecular formula is C24H26N2O10S2. The Balaban J connectivity index is 2.09. The highest BCUT2D eigenvalue weighted by Gasteiger charge is 2.56. The predicted octanol–water partition coefficient (Wildman–Crippen LogP) is 1.76. The first-order valence-corrected chi connectivity index (χ1v) is 12.6. The Morgan fingerprint density at radius 1 is 0.921 bits per heavy atom. The van der Waals surface area contributed by atoms with Gasteiger partial charge >= 0.3 is 23.9 Å². The monoisotopic (exact) mass is 566 g/mol. The van der Waals surface area contributed by atoms with E-state index in [9.17, 15) is 24.0 Å². The summed E-state index contributed by atoms with van der Waals surface area (Å²) in [6, 6.07) is 3.46. The highest BCUT2D eigenvalue weighted by atomic mass is 32.2. The molecule has 0 spiro atoms. The molecule has 1 amide bonds. The van der Waals surface area contributed by atoms with Gasteiger partial charge in [-0.3, -0.25) is 33.9 Å². The number of amides is 1. The van der Waals surface area contributed by atoms with Gasteiger partial charge in [-0.2, -0.15) is 0 Å². The standard InChI is InChI=1S/C24H26N2O10S2/c1-11(16-6-8-25-9-7-16)21-22(31)26(24(37)38-21)23-20(35-15(5)30)19(34-14(4)29)18(33-13(3)28)17(36-23)10-32-12(2)27/h6-9,17-20,23H,10H2,1-5H3/b21-11-/t17-,18+,19+,20+,23-/m0/s1. The number of esters is 4. The van der Waals surface area contributed by atoms with E-state index in [-0.39, 0.29) is 4.32 Å². The largest absolute Gasteiger partial charge is 0.463 e. The molecule has 0 aromatic carbocycles. The van der Waals surface area contributed by atoms with E-state index in [4.69, 9.17) is 35.9 Å². The Kier molecular flexibility index (Phi) is 9.57. The fourth-order valence-electron chi connectivity index (χ4n) is 3.98. The van der Waals surface area contributed by atoms with Crippen LogP contribution in [0.15, 0.2) is 29.4 Å². The Morgan fingerprint density at radius 2 is 1.47 bits per heavy atom. The molecule has 2 saturated heterocycles. The zero-order valence-corrected chi connectivity index (χ0v) is 22.8. The molecule has 2 aliphatic rings. The van der Waals surface area contributed by atoms with Gasteiger partial charge in [-0.15, -0.1) is 0 Å². The summed E-state index contributed by atoms with van der Waals surface area (Å²) in [5.74, 6) is -3.52. The third-order valence-corrected chi connectivity index (χ3v) is 6.98. The molecule has 0 saturated carbocycles. The first-order valence-electron chi connectivity index (χ1n) is 11.4. The van der Waals surface area contributed by atoms with E-state index in [0.29, 0.717) is 10.5 Å². The van der Waals surface area contributed by atoms with E-state index in [1.807, 2.05) is 0 Å². The van der Waals surface area contributed by atoms with Gasteiger partial charge in [0, 0.05) is 40.1 Å². The SMILES string of the molecule is CC(=O)OC[C@@H]1O[C@H](N2C(=O)/C(=C(\C)c3ccncc3)SC2=S)[C@H](OC(C)=O)[C@H](OC(C)=O)[C@@H]1OC(C)=O. The smallest absolute Gasteiger partial charge is 0.303 e. The molecule has 1 aromatic rings. The molecule has 0 N–H and O–H groups in total. The minimum Gasteiger partial charge on any atom is -0.463 e. The van der Waals surface area contributed by atoms with Gasteiger partial charge in [-0.25, -0.2) is 0 Å². The Labute approximate surface area is 228 Å². The van der Waals surface area contributed by atoms with E-state index in [0.717, 1.165) is 43.0 Å². The van der Waals surface area contributed by atoms with Gasteiger partial charge in [0.05, 0.1) is 4.91 Å². The average Bonchev–Trinajstić information content (AvgIpc) is 3.13. The molecule has 5 atom stereocenters. The zero-order valence-electron chi connectivity index (χ0n) is 21.2. The van der Waals surface area contributed by atoms with Crippen molar-refractivity contribution in [2.24, 2.45) is 0 Å². The fraction of sp³-hybridized carbons (Fsp3) is 0.458. The zero-order chi connectivity index (χ0) is 28.1. The van der Waals surface area contributed by atoms with Crippen LogP contribution in [0.25, 0.3) is 5.57 Å². The molecule has 3 rings (SSSR count). The second-order valence-electron chi connectivity index (χ2n) is 8.32. The van der Waals surface area contributed by atoms with Crippen LogP contribution < -0.4 is 0 Å². The quantitative estimate of drug-likeness (QED) is 0.204. The highest BCUT2D eigenvalue weighted by molar-refractivity contribution is 8.26. The van der Waals surface area contributed by atoms with E-state index in [1.54, 1.807) is 31.5 Å². The third-order valence-electron chi connectivity index (χ3n) is 5.47. The molecule has 38 heavy (non-hydrogen) atoms. The van der Waals surface area contributed by atoms with E-state index < -0.39 is 67.0 Å². The summed E-state index contributed by atoms with van der Waals surface area (Å²) >= 11 is 6.52. The van der Waals surface area contributed by atoms with Gasteiger partial charge in [-0.05, 0) is 30.2 Å². The fourth-order valence-corrected chi connectivity index (χ4v) is 5.33. The van der Waals surface area contributed by atoms with Crippen LogP contribution in [0.1, 0.15) is 40.2 Å². The van der Waals surface area contributed by atoms with Crippen molar-refractivity contribution >= 4 is 63.7 Å². The van der Waals surface area contributed by atoms with Gasteiger partial charge in [-0.1, -0.05) is 24.0 Å². The molecule has 0 aliphatic carbocycles. The van der Waals surface area contributed by atoms with Crippen LogP contribution in [0.2, 0.25) is 0 Å². The first-order chi connectivity index (χ1) is 17.9. The van der Waals surface area contributed by atoms with Crippen molar-refractivity contribution in [2.75, 3.05) is 6.61 Å². The number of pyridine rings is 1. The second kappa shape index (κ2) is 12.5. The lowest BCUT2D eigenvalue weighted by molar-refractivity contribution is -0.268. The van der Waals surface area contributed by atoms with Gasteiger partial charge in [0.15, 0.2) is 28.9 Å². The maximum atomic E-state index is 13.7. The van der Waals surface area contributed by atoms with Crippen molar-refractivity contribution in [1.82, 2.24) is 9.88 Å². The molecule has 0 unspecified atom stereocenters. The van der Waals surface area contributed by atoms with Crippen molar-refractivity contribution in [2.45, 2.75) is 65.3 Å². The van der Waals surface area contributed by atoms with Crippen LogP contribution >= 0.6 is 24.0 Å². The molecule has 2 fully saturated rings. The van der Waals surface area contributed by atoms with Crippen LogP contribution in [0.5, 0.6) is 0 Å². The number of carbonyl (C=O) groups excluding carboxylic acids is 5. The maximum Gasteiger partial charge on any atom is 0.303 e. The number of thioether (sulfide) groups is 1. The molecule has 12 nitrogen and oxygen atoms in total. The molecule has 14 heteroatoms. The van der Waals surface area contributed by atoms with Gasteiger partial charge < -0.3 is 23.7 Å². The van der Waals surface area contributed by atoms with Crippen LogP contribution in [0.4, 0.5) is 0 Å². The number of nitrogens with zero attached hydrogens (tertiary/aromatic N) is 2. The van der Waals surface area contributed by atoms with Crippen molar-refractivity contribution < 1.29 is 47.7 Å². The Hall–Kier alpha value is -3.36. The summed E-state index contributed by atoms with van der Waals surface area (Å²) in [6.07, 6.45) is -3.67. The lowest BCUT2D eigenvalue weighted by Crippen LogP contribution is -2.66. The first kappa shape index (κ1) is 29.2. The van der Waals surface area contributed by atoms with Crippen molar-refractivity contribution in [3.63, 3.8) is 0 Å². The second-order valence-corrected chi connectivity index (χ2v) is 9.97. The predicted molar refractivity (Wildman–Crippen MR) is 136 cm³/mol. The Bertz CT molecular complexity index is 1170. The topological polar surface area (TPSA) is 148 Å². The van der Waals surface area contributed by atoms with Gasteiger partial charge in [0.25, 0.3) is 5.91 Å². The summed E-state index contributed by atoms with van der Waals surface area (Å²) in [5.41, 5.74) is 1.36. The summed E-state index contributed by atoms with van der Waals surface area (Å²) < 4.78 is 27.5. The number of allylic oxidation sites excluding steroid dienone is 1. The van der Waals surface area contributed by atoms with Crippen LogP contribution in [0.3, 0.4) is 0 Å². The van der Waals surface area contributed by atoms with Crippen molar-refractivity contribution in [1.29, 1.82) is 0 Å². The summed E-state index contributed by atoms with van der Waals surface area (Å²) in [5, 5.41) is 0. The number of rotatable bonds is 7. The maximum absolute atomic E-state index is 13.7. The molecular weight excluding hydrogens is 540 g/mol. The summed E-state index contributed by atoms with van der Waals surface area (Å²) in [7, 11) is 0.